The van der Waals surface area contributed by atoms with Crippen LogP contribution >= 0.6 is 27.7 Å². The molecule has 0 radical (unpaired) electrons. The van der Waals surface area contributed by atoms with Crippen molar-refractivity contribution in [1.29, 1.82) is 0 Å². The van der Waals surface area contributed by atoms with Gasteiger partial charge < -0.3 is 4.57 Å². The molecule has 4 heteroatoms. The highest BCUT2D eigenvalue weighted by Crippen LogP contribution is 2.28. The summed E-state index contributed by atoms with van der Waals surface area (Å²) in [5, 5.41) is 0. The second kappa shape index (κ2) is 5.97. The molecule has 2 rings (SSSR count). The van der Waals surface area contributed by atoms with Crippen molar-refractivity contribution in [3.05, 3.63) is 51.8 Å². The lowest BCUT2D eigenvalue weighted by Crippen LogP contribution is -2.04. The fourth-order valence-electron chi connectivity index (χ4n) is 1.92. The van der Waals surface area contributed by atoms with Gasteiger partial charge in [0.05, 0.1) is 5.75 Å². The summed E-state index contributed by atoms with van der Waals surface area (Å²) in [5.74, 6) is 0.648. The second-order valence-corrected chi connectivity index (χ2v) is 6.36. The van der Waals surface area contributed by atoms with E-state index in [1.54, 1.807) is 11.8 Å². The first kappa shape index (κ1) is 14.4. The summed E-state index contributed by atoms with van der Waals surface area (Å²) in [4.78, 5) is 13.4. The molecule has 0 saturated carbocycles. The molecular formula is C15H16BrNOS. The van der Waals surface area contributed by atoms with E-state index >= 15 is 0 Å². The number of aryl methyl sites for hydroxylation is 1. The molecule has 100 valence electrons. The number of hydrogen-bond donors (Lipinski definition) is 0. The largest absolute Gasteiger partial charge is 0.351 e. The minimum atomic E-state index is 0.182. The molecule has 1 aromatic heterocycles. The van der Waals surface area contributed by atoms with Crippen LogP contribution in [0.4, 0.5) is 0 Å². The lowest BCUT2D eigenvalue weighted by Gasteiger charge is -2.04. The molecule has 0 fully saturated rings. The van der Waals surface area contributed by atoms with E-state index in [9.17, 15) is 4.79 Å². The molecule has 1 heterocycles. The molecule has 0 N–H and O–H groups in total. The zero-order valence-electron chi connectivity index (χ0n) is 11.2. The molecule has 0 aliphatic carbocycles. The minimum absolute atomic E-state index is 0.182. The molecule has 0 spiro atoms. The van der Waals surface area contributed by atoms with Gasteiger partial charge in [0.25, 0.3) is 0 Å². The lowest BCUT2D eigenvalue weighted by molar-refractivity contribution is 0.102. The molecule has 0 aliphatic heterocycles. The summed E-state index contributed by atoms with van der Waals surface area (Å²) in [6.07, 6.45) is 0. The first-order chi connectivity index (χ1) is 9.00. The summed E-state index contributed by atoms with van der Waals surface area (Å²) in [6.45, 7) is 4.01. The Kier molecular flexibility index (Phi) is 4.53. The Bertz CT molecular complexity index is 619. The van der Waals surface area contributed by atoms with Crippen LogP contribution in [0.5, 0.6) is 0 Å². The Labute approximate surface area is 126 Å². The topological polar surface area (TPSA) is 22.0 Å². The quantitative estimate of drug-likeness (QED) is 0.610. The van der Waals surface area contributed by atoms with E-state index in [-0.39, 0.29) is 5.78 Å². The van der Waals surface area contributed by atoms with Crippen LogP contribution in [-0.4, -0.2) is 16.1 Å². The molecule has 19 heavy (non-hydrogen) atoms. The van der Waals surface area contributed by atoms with Crippen molar-refractivity contribution in [3.63, 3.8) is 0 Å². The van der Waals surface area contributed by atoms with Crippen LogP contribution < -0.4 is 0 Å². The number of rotatable bonds is 4. The molecule has 0 unspecified atom stereocenters. The van der Waals surface area contributed by atoms with Gasteiger partial charge in [-0.05, 0) is 48.0 Å². The van der Waals surface area contributed by atoms with Crippen molar-refractivity contribution in [2.75, 3.05) is 5.75 Å². The maximum absolute atomic E-state index is 12.3. The van der Waals surface area contributed by atoms with Crippen LogP contribution in [0.3, 0.4) is 0 Å². The van der Waals surface area contributed by atoms with Gasteiger partial charge in [-0.15, -0.1) is 11.8 Å². The van der Waals surface area contributed by atoms with E-state index in [4.69, 9.17) is 0 Å². The first-order valence-corrected chi connectivity index (χ1v) is 7.82. The number of carbonyl (C=O) groups excluding carboxylic acids is 1. The zero-order valence-corrected chi connectivity index (χ0v) is 13.6. The van der Waals surface area contributed by atoms with Crippen LogP contribution in [-0.2, 0) is 7.05 Å². The molecule has 0 amide bonds. The number of Topliss-reactive ketones (excluding diaryl/α,β-unsaturated/α-hetero) is 1. The summed E-state index contributed by atoms with van der Waals surface area (Å²) in [7, 11) is 1.99. The normalized spacial score (nSPS) is 10.7. The molecule has 2 nitrogen and oxygen atoms in total. The summed E-state index contributed by atoms with van der Waals surface area (Å²) >= 11 is 5.06. The van der Waals surface area contributed by atoms with E-state index < -0.39 is 0 Å². The summed E-state index contributed by atoms with van der Waals surface area (Å²) in [5.41, 5.74) is 2.99. The van der Waals surface area contributed by atoms with E-state index in [0.717, 1.165) is 26.3 Å². The van der Waals surface area contributed by atoms with Gasteiger partial charge >= 0.3 is 0 Å². The van der Waals surface area contributed by atoms with Gasteiger partial charge in [0.1, 0.15) is 0 Å². The van der Waals surface area contributed by atoms with Crippen LogP contribution in [0.2, 0.25) is 0 Å². The van der Waals surface area contributed by atoms with Crippen LogP contribution in [0.1, 0.15) is 21.7 Å². The second-order valence-electron chi connectivity index (χ2n) is 4.49. The average Bonchev–Trinajstić information content (AvgIpc) is 2.65. The number of carbonyl (C=O) groups is 1. The van der Waals surface area contributed by atoms with Crippen molar-refractivity contribution < 1.29 is 4.79 Å². The van der Waals surface area contributed by atoms with Crippen LogP contribution in [0.15, 0.2) is 39.7 Å². The smallest absolute Gasteiger partial charge is 0.174 e. The number of benzene rings is 1. The molecular weight excluding hydrogens is 322 g/mol. The first-order valence-electron chi connectivity index (χ1n) is 6.04. The number of ketones is 1. The highest BCUT2D eigenvalue weighted by atomic mass is 79.9. The van der Waals surface area contributed by atoms with Gasteiger partial charge in [0, 0.05) is 33.4 Å². The van der Waals surface area contributed by atoms with Gasteiger partial charge in [-0.2, -0.15) is 0 Å². The third kappa shape index (κ3) is 3.12. The highest BCUT2D eigenvalue weighted by molar-refractivity contribution is 9.10. The predicted molar refractivity (Wildman–Crippen MR) is 84.1 cm³/mol. The predicted octanol–water partition coefficient (Wildman–Crippen LogP) is 4.38. The fraction of sp³-hybridized carbons (Fsp3) is 0.267. The third-order valence-corrected chi connectivity index (χ3v) is 5.30. The maximum Gasteiger partial charge on any atom is 0.174 e. The average molecular weight is 338 g/mol. The minimum Gasteiger partial charge on any atom is -0.351 e. The van der Waals surface area contributed by atoms with Gasteiger partial charge in [-0.1, -0.05) is 12.1 Å². The van der Waals surface area contributed by atoms with E-state index in [2.05, 4.69) is 20.5 Å². The van der Waals surface area contributed by atoms with Crippen LogP contribution in [0.25, 0.3) is 0 Å². The van der Waals surface area contributed by atoms with Gasteiger partial charge in [-0.3, -0.25) is 4.79 Å². The Morgan fingerprint density at radius 3 is 2.58 bits per heavy atom. The molecule has 1 aromatic carbocycles. The van der Waals surface area contributed by atoms with E-state index in [1.807, 2.05) is 51.2 Å². The maximum atomic E-state index is 12.3. The van der Waals surface area contributed by atoms with Crippen molar-refractivity contribution in [3.8, 4) is 0 Å². The Hall–Kier alpha value is -1.00. The number of aromatic nitrogens is 1. The number of halogens is 1. The van der Waals surface area contributed by atoms with Crippen LogP contribution in [0, 0.1) is 13.8 Å². The summed E-state index contributed by atoms with van der Waals surface area (Å²) in [6, 6.07) is 9.93. The van der Waals surface area contributed by atoms with E-state index in [1.165, 1.54) is 0 Å². The van der Waals surface area contributed by atoms with Gasteiger partial charge in [0.15, 0.2) is 5.78 Å². The SMILES string of the molecule is Cc1cc(C(=O)CSc2ccccc2Br)c(C)n1C. The lowest BCUT2D eigenvalue weighted by atomic mass is 10.2. The number of hydrogen-bond acceptors (Lipinski definition) is 2. The zero-order chi connectivity index (χ0) is 14.0. The Morgan fingerprint density at radius 1 is 1.32 bits per heavy atom. The van der Waals surface area contributed by atoms with Crippen molar-refractivity contribution in [2.24, 2.45) is 7.05 Å². The Morgan fingerprint density at radius 2 is 2.00 bits per heavy atom. The van der Waals surface area contributed by atoms with Crippen molar-refractivity contribution in [2.45, 2.75) is 18.7 Å². The summed E-state index contributed by atoms with van der Waals surface area (Å²) < 4.78 is 3.09. The number of nitrogens with zero attached hydrogens (tertiary/aromatic N) is 1. The van der Waals surface area contributed by atoms with Gasteiger partial charge in [0.2, 0.25) is 0 Å². The monoisotopic (exact) mass is 337 g/mol. The fourth-order valence-corrected chi connectivity index (χ4v) is 3.37. The van der Waals surface area contributed by atoms with Crippen molar-refractivity contribution in [1.82, 2.24) is 4.57 Å². The van der Waals surface area contributed by atoms with Gasteiger partial charge in [-0.25, -0.2) is 0 Å². The van der Waals surface area contributed by atoms with Crippen molar-refractivity contribution >= 4 is 33.5 Å². The van der Waals surface area contributed by atoms with E-state index in [0.29, 0.717) is 5.75 Å². The molecule has 0 atom stereocenters. The molecule has 0 bridgehead atoms. The molecule has 2 aromatic rings. The third-order valence-electron chi connectivity index (χ3n) is 3.27. The number of thioether (sulfide) groups is 1. The highest BCUT2D eigenvalue weighted by Gasteiger charge is 2.14. The molecule has 0 saturated heterocycles. The standard InChI is InChI=1S/C15H16BrNOS/c1-10-8-12(11(2)17(10)3)14(18)9-19-15-7-5-4-6-13(15)16/h4-8H,9H2,1-3H3. The Balaban J connectivity index is 2.10. The molecule has 0 aliphatic rings.